The van der Waals surface area contributed by atoms with Crippen molar-refractivity contribution in [1.29, 1.82) is 0 Å². The van der Waals surface area contributed by atoms with Crippen LogP contribution in [0.3, 0.4) is 0 Å². The lowest BCUT2D eigenvalue weighted by molar-refractivity contribution is 0.647. The molecule has 8 aromatic carbocycles. The van der Waals surface area contributed by atoms with Crippen LogP contribution >= 0.6 is 0 Å². The summed E-state index contributed by atoms with van der Waals surface area (Å²) in [4.78, 5) is 2.59. The first kappa shape index (κ1) is 30.8. The third-order valence-corrected chi connectivity index (χ3v) is 13.2. The molecule has 12 rings (SSSR count). The van der Waals surface area contributed by atoms with E-state index in [2.05, 4.69) is 206 Å². The van der Waals surface area contributed by atoms with Crippen molar-refractivity contribution in [2.24, 2.45) is 0 Å². The van der Waals surface area contributed by atoms with Crippen molar-refractivity contribution in [3.8, 4) is 39.1 Å². The van der Waals surface area contributed by atoms with Crippen LogP contribution in [0.5, 0.6) is 0 Å². The average molecular weight is 703 g/mol. The van der Waals surface area contributed by atoms with Gasteiger partial charge in [-0.2, -0.15) is 0 Å². The van der Waals surface area contributed by atoms with E-state index < -0.39 is 0 Å². The third kappa shape index (κ3) is 3.89. The molecular formula is C53H38N2. The van der Waals surface area contributed by atoms with E-state index >= 15 is 0 Å². The number of anilines is 3. The molecule has 3 aliphatic rings. The second kappa shape index (κ2) is 10.7. The first-order chi connectivity index (χ1) is 26.9. The summed E-state index contributed by atoms with van der Waals surface area (Å²) in [6, 6.07) is 65.6. The van der Waals surface area contributed by atoms with Gasteiger partial charge < -0.3 is 9.47 Å². The van der Waals surface area contributed by atoms with Crippen LogP contribution in [0.4, 0.5) is 17.1 Å². The van der Waals surface area contributed by atoms with Crippen molar-refractivity contribution in [2.45, 2.75) is 31.6 Å². The Labute approximate surface area is 321 Å². The number of hydrogen-bond acceptors (Lipinski definition) is 1. The van der Waals surface area contributed by atoms with Crippen LogP contribution in [0.2, 0.25) is 0 Å². The quantitative estimate of drug-likeness (QED) is 0.178. The predicted octanol–water partition coefficient (Wildman–Crippen LogP) is 13.9. The summed E-state index contributed by atoms with van der Waals surface area (Å²) in [6.45, 7) is 7.29. The maximum absolute atomic E-state index is 2.59. The Bertz CT molecular complexity index is 3020. The van der Waals surface area contributed by atoms with Crippen LogP contribution in [0.25, 0.3) is 60.9 Å². The molecule has 0 N–H and O–H groups in total. The first-order valence-corrected chi connectivity index (χ1v) is 19.4. The average Bonchev–Trinajstić information content (AvgIpc) is 3.80. The fourth-order valence-electron chi connectivity index (χ4n) is 10.7. The van der Waals surface area contributed by atoms with Crippen LogP contribution in [-0.2, 0) is 10.8 Å². The number of hydrogen-bond donors (Lipinski definition) is 0. The molecule has 9 aromatic rings. The molecule has 0 amide bonds. The van der Waals surface area contributed by atoms with Crippen molar-refractivity contribution in [3.05, 3.63) is 204 Å². The standard InChI is InChI=1S/C53H38N2/c1-52(2)43-18-8-4-13-37(43)42-31-32-45-51(50(42)52)55(48-22-12-17-41-38-14-5-9-19-44(38)53(45,3)49(41)48)36-29-25-34(26-30-36)33-23-27-35(28-24-33)54-46-20-10-6-15-39(46)40-16-7-11-21-47(40)54/h4-32H,1-3H3. The fraction of sp³-hybridized carbons (Fsp3) is 0.0943. The highest BCUT2D eigenvalue weighted by molar-refractivity contribution is 6.09. The van der Waals surface area contributed by atoms with E-state index in [9.17, 15) is 0 Å². The topological polar surface area (TPSA) is 8.17 Å². The molecule has 0 saturated heterocycles. The molecule has 1 aromatic heterocycles. The lowest BCUT2D eigenvalue weighted by Gasteiger charge is -2.45. The largest absolute Gasteiger partial charge is 0.309 e. The third-order valence-electron chi connectivity index (χ3n) is 13.2. The summed E-state index contributed by atoms with van der Waals surface area (Å²) in [6.07, 6.45) is 0. The minimum absolute atomic E-state index is 0.169. The minimum atomic E-state index is -0.272. The maximum atomic E-state index is 2.59. The van der Waals surface area contributed by atoms with Crippen molar-refractivity contribution in [2.75, 3.05) is 4.90 Å². The first-order valence-electron chi connectivity index (χ1n) is 19.4. The van der Waals surface area contributed by atoms with E-state index in [1.807, 2.05) is 0 Å². The Hall–Kier alpha value is -6.64. The van der Waals surface area contributed by atoms with Crippen LogP contribution in [-0.4, -0.2) is 4.57 Å². The molecule has 1 unspecified atom stereocenters. The molecule has 0 saturated carbocycles. The van der Waals surface area contributed by atoms with E-state index in [0.717, 1.165) is 0 Å². The monoisotopic (exact) mass is 702 g/mol. The summed E-state index contributed by atoms with van der Waals surface area (Å²) in [5.41, 5.74) is 21.7. The molecule has 55 heavy (non-hydrogen) atoms. The molecule has 1 aliphatic heterocycles. The van der Waals surface area contributed by atoms with Crippen LogP contribution in [0, 0.1) is 0 Å². The number of rotatable bonds is 3. The second-order valence-corrected chi connectivity index (χ2v) is 16.2. The molecule has 0 radical (unpaired) electrons. The van der Waals surface area contributed by atoms with Gasteiger partial charge in [0.05, 0.1) is 22.4 Å². The molecule has 2 aliphatic carbocycles. The van der Waals surface area contributed by atoms with Gasteiger partial charge in [0.15, 0.2) is 0 Å². The molecule has 1 atom stereocenters. The van der Waals surface area contributed by atoms with Gasteiger partial charge in [-0.1, -0.05) is 147 Å². The Kier molecular flexibility index (Phi) is 6.01. The van der Waals surface area contributed by atoms with Gasteiger partial charge in [0.1, 0.15) is 0 Å². The Morgan fingerprint density at radius 1 is 0.382 bits per heavy atom. The molecule has 0 spiro atoms. The summed E-state index contributed by atoms with van der Waals surface area (Å²) >= 11 is 0. The number of para-hydroxylation sites is 2. The normalized spacial score (nSPS) is 16.8. The number of fused-ring (bicyclic) bond motifs is 12. The maximum Gasteiger partial charge on any atom is 0.0553 e. The zero-order valence-corrected chi connectivity index (χ0v) is 31.1. The van der Waals surface area contributed by atoms with Crippen molar-refractivity contribution < 1.29 is 0 Å². The van der Waals surface area contributed by atoms with Crippen molar-refractivity contribution in [1.82, 2.24) is 4.57 Å². The fourth-order valence-corrected chi connectivity index (χ4v) is 10.7. The van der Waals surface area contributed by atoms with Crippen molar-refractivity contribution in [3.63, 3.8) is 0 Å². The Morgan fingerprint density at radius 2 is 0.909 bits per heavy atom. The van der Waals surface area contributed by atoms with Gasteiger partial charge in [0.25, 0.3) is 0 Å². The lowest BCUT2D eigenvalue weighted by atomic mass is 9.68. The van der Waals surface area contributed by atoms with Gasteiger partial charge in [-0.15, -0.1) is 0 Å². The smallest absolute Gasteiger partial charge is 0.0553 e. The summed E-state index contributed by atoms with van der Waals surface area (Å²) < 4.78 is 2.38. The molecule has 260 valence electrons. The van der Waals surface area contributed by atoms with Gasteiger partial charge in [-0.25, -0.2) is 0 Å². The lowest BCUT2D eigenvalue weighted by Crippen LogP contribution is -2.34. The molecule has 0 bridgehead atoms. The Balaban J connectivity index is 1.02. The van der Waals surface area contributed by atoms with Gasteiger partial charge in [0.2, 0.25) is 0 Å². The zero-order chi connectivity index (χ0) is 36.6. The second-order valence-electron chi connectivity index (χ2n) is 16.2. The van der Waals surface area contributed by atoms with Gasteiger partial charge in [-0.3, -0.25) is 0 Å². The SMILES string of the molecule is CC1(C)c2ccccc2-c2ccc3c(c21)N(c1ccc(-c2ccc(-n4c5ccccc5c5ccccc54)cc2)cc1)c1cccc2c1C3(C)c1ccccc1-2. The Morgan fingerprint density at radius 3 is 1.58 bits per heavy atom. The van der Waals surface area contributed by atoms with Crippen molar-refractivity contribution >= 4 is 38.9 Å². The predicted molar refractivity (Wildman–Crippen MR) is 229 cm³/mol. The van der Waals surface area contributed by atoms with E-state index in [-0.39, 0.29) is 10.8 Å². The highest BCUT2D eigenvalue weighted by Gasteiger charge is 2.51. The van der Waals surface area contributed by atoms with E-state index in [0.29, 0.717) is 0 Å². The molecule has 2 heterocycles. The molecule has 2 nitrogen and oxygen atoms in total. The molecule has 0 fully saturated rings. The van der Waals surface area contributed by atoms with Gasteiger partial charge in [-0.05, 0) is 111 Å². The molecular weight excluding hydrogens is 665 g/mol. The van der Waals surface area contributed by atoms with Crippen LogP contribution in [0.1, 0.15) is 48.6 Å². The molecule has 2 heteroatoms. The van der Waals surface area contributed by atoms with Crippen LogP contribution < -0.4 is 4.90 Å². The number of aromatic nitrogens is 1. The van der Waals surface area contributed by atoms with E-state index in [4.69, 9.17) is 0 Å². The summed E-state index contributed by atoms with van der Waals surface area (Å²) in [5, 5.41) is 2.56. The minimum Gasteiger partial charge on any atom is -0.309 e. The highest BCUT2D eigenvalue weighted by atomic mass is 15.2. The van der Waals surface area contributed by atoms with Crippen LogP contribution in [0.15, 0.2) is 176 Å². The summed E-state index contributed by atoms with van der Waals surface area (Å²) in [7, 11) is 0. The summed E-state index contributed by atoms with van der Waals surface area (Å²) in [5.74, 6) is 0. The zero-order valence-electron chi connectivity index (χ0n) is 31.1. The highest BCUT2D eigenvalue weighted by Crippen LogP contribution is 2.66. The van der Waals surface area contributed by atoms with E-state index in [1.165, 1.54) is 106 Å². The number of nitrogens with zero attached hydrogens (tertiary/aromatic N) is 2. The van der Waals surface area contributed by atoms with Gasteiger partial charge in [0, 0.05) is 33.0 Å². The van der Waals surface area contributed by atoms with E-state index in [1.54, 1.807) is 0 Å². The van der Waals surface area contributed by atoms with Gasteiger partial charge >= 0.3 is 0 Å². The number of benzene rings is 8.